The zero-order chi connectivity index (χ0) is 13.8. The summed E-state index contributed by atoms with van der Waals surface area (Å²) < 4.78 is 5.43. The highest BCUT2D eigenvalue weighted by atomic mass is 32.1. The minimum Gasteiger partial charge on any atom is -0.468 e. The van der Waals surface area contributed by atoms with Crippen LogP contribution >= 0.6 is 11.3 Å². The van der Waals surface area contributed by atoms with Crippen LogP contribution in [0.25, 0.3) is 0 Å². The molecule has 1 aliphatic rings. The van der Waals surface area contributed by atoms with Gasteiger partial charge in [0.05, 0.1) is 12.8 Å². The molecule has 4 heteroatoms. The second kappa shape index (κ2) is 6.57. The Balaban J connectivity index is 1.52. The SMILES string of the molecule is CCN(Cc1ccco1)Cc1ccc(CNC2CC2)s1. The van der Waals surface area contributed by atoms with Gasteiger partial charge < -0.3 is 9.73 Å². The Hall–Kier alpha value is -1.10. The molecule has 0 bridgehead atoms. The number of thiophene rings is 1. The molecule has 108 valence electrons. The van der Waals surface area contributed by atoms with Gasteiger partial charge in [0.2, 0.25) is 0 Å². The van der Waals surface area contributed by atoms with Crippen molar-refractivity contribution in [3.05, 3.63) is 46.0 Å². The first-order valence-corrected chi connectivity index (χ1v) is 8.21. The van der Waals surface area contributed by atoms with E-state index < -0.39 is 0 Å². The van der Waals surface area contributed by atoms with E-state index in [1.807, 2.05) is 23.5 Å². The molecule has 3 nitrogen and oxygen atoms in total. The molecule has 2 heterocycles. The van der Waals surface area contributed by atoms with Gasteiger partial charge in [-0.15, -0.1) is 11.3 Å². The van der Waals surface area contributed by atoms with Crippen LogP contribution in [0.2, 0.25) is 0 Å². The molecule has 0 atom stereocenters. The summed E-state index contributed by atoms with van der Waals surface area (Å²) in [4.78, 5) is 5.29. The van der Waals surface area contributed by atoms with E-state index in [1.165, 1.54) is 22.6 Å². The second-order valence-corrected chi connectivity index (χ2v) is 6.66. The monoisotopic (exact) mass is 290 g/mol. The summed E-state index contributed by atoms with van der Waals surface area (Å²) in [5.74, 6) is 1.04. The smallest absolute Gasteiger partial charge is 0.117 e. The predicted molar refractivity (Wildman–Crippen MR) is 82.7 cm³/mol. The number of nitrogens with zero attached hydrogens (tertiary/aromatic N) is 1. The average molecular weight is 290 g/mol. The highest BCUT2D eigenvalue weighted by Crippen LogP contribution is 2.22. The summed E-state index contributed by atoms with van der Waals surface area (Å²) >= 11 is 1.92. The molecule has 0 radical (unpaired) electrons. The van der Waals surface area contributed by atoms with Crippen LogP contribution < -0.4 is 5.32 Å². The zero-order valence-electron chi connectivity index (χ0n) is 12.0. The first kappa shape index (κ1) is 13.9. The molecular formula is C16H22N2OS. The number of nitrogens with one attached hydrogen (secondary N) is 1. The summed E-state index contributed by atoms with van der Waals surface area (Å²) in [5, 5.41) is 3.57. The molecule has 1 saturated carbocycles. The van der Waals surface area contributed by atoms with Crippen LogP contribution in [-0.2, 0) is 19.6 Å². The number of furan rings is 1. The first-order valence-electron chi connectivity index (χ1n) is 7.39. The topological polar surface area (TPSA) is 28.4 Å². The Morgan fingerprint density at radius 3 is 2.80 bits per heavy atom. The summed E-state index contributed by atoms with van der Waals surface area (Å²) in [6.07, 6.45) is 4.45. The average Bonchev–Trinajstić information content (AvgIpc) is 2.96. The van der Waals surface area contributed by atoms with E-state index in [1.54, 1.807) is 6.26 Å². The summed E-state index contributed by atoms with van der Waals surface area (Å²) in [6.45, 7) is 6.16. The molecule has 0 saturated heterocycles. The molecular weight excluding hydrogens is 268 g/mol. The fraction of sp³-hybridized carbons (Fsp3) is 0.500. The van der Waals surface area contributed by atoms with Gasteiger partial charge in [0.1, 0.15) is 5.76 Å². The van der Waals surface area contributed by atoms with Crippen LogP contribution in [0, 0.1) is 0 Å². The third kappa shape index (κ3) is 3.95. The van der Waals surface area contributed by atoms with Crippen molar-refractivity contribution in [3.63, 3.8) is 0 Å². The minimum atomic E-state index is 0.784. The van der Waals surface area contributed by atoms with Gasteiger partial charge >= 0.3 is 0 Å². The molecule has 0 unspecified atom stereocenters. The van der Waals surface area contributed by atoms with E-state index in [-0.39, 0.29) is 0 Å². The lowest BCUT2D eigenvalue weighted by atomic mass is 10.3. The number of hydrogen-bond donors (Lipinski definition) is 1. The van der Waals surface area contributed by atoms with E-state index >= 15 is 0 Å². The van der Waals surface area contributed by atoms with Gasteiger partial charge in [-0.2, -0.15) is 0 Å². The molecule has 1 N–H and O–H groups in total. The Morgan fingerprint density at radius 1 is 1.25 bits per heavy atom. The van der Waals surface area contributed by atoms with Crippen LogP contribution in [0.1, 0.15) is 35.3 Å². The standard InChI is InChI=1S/C16H22N2OS/c1-2-18(11-14-4-3-9-19-14)12-16-8-7-15(20-16)10-17-13-5-6-13/h3-4,7-9,13,17H,2,5-6,10-12H2,1H3. The van der Waals surface area contributed by atoms with Crippen molar-refractivity contribution in [2.45, 2.75) is 45.4 Å². The van der Waals surface area contributed by atoms with Crippen LogP contribution in [0.3, 0.4) is 0 Å². The predicted octanol–water partition coefficient (Wildman–Crippen LogP) is 3.62. The molecule has 0 spiro atoms. The Bertz CT molecular complexity index is 516. The maximum atomic E-state index is 5.43. The molecule has 2 aromatic heterocycles. The lowest BCUT2D eigenvalue weighted by Crippen LogP contribution is -2.21. The molecule has 1 fully saturated rings. The van der Waals surface area contributed by atoms with Gasteiger partial charge in [-0.25, -0.2) is 0 Å². The van der Waals surface area contributed by atoms with E-state index in [2.05, 4.69) is 29.3 Å². The van der Waals surface area contributed by atoms with Gasteiger partial charge in [-0.1, -0.05) is 6.92 Å². The quantitative estimate of drug-likeness (QED) is 0.805. The Labute approximate surface area is 124 Å². The van der Waals surface area contributed by atoms with E-state index in [0.717, 1.165) is 38.0 Å². The Kier molecular flexibility index (Phi) is 4.55. The molecule has 0 amide bonds. The summed E-state index contributed by atoms with van der Waals surface area (Å²) in [5.41, 5.74) is 0. The van der Waals surface area contributed by atoms with Crippen molar-refractivity contribution in [2.75, 3.05) is 6.54 Å². The summed E-state index contributed by atoms with van der Waals surface area (Å²) in [6, 6.07) is 9.31. The highest BCUT2D eigenvalue weighted by Gasteiger charge is 2.20. The normalized spacial score (nSPS) is 15.1. The number of hydrogen-bond acceptors (Lipinski definition) is 4. The maximum absolute atomic E-state index is 5.43. The first-order chi connectivity index (χ1) is 9.83. The van der Waals surface area contributed by atoms with Gasteiger partial charge in [-0.3, -0.25) is 4.90 Å². The van der Waals surface area contributed by atoms with Crippen LogP contribution in [0.4, 0.5) is 0 Å². The fourth-order valence-electron chi connectivity index (χ4n) is 2.26. The van der Waals surface area contributed by atoms with Crippen LogP contribution in [0.15, 0.2) is 34.9 Å². The Morgan fingerprint density at radius 2 is 2.10 bits per heavy atom. The van der Waals surface area contributed by atoms with E-state index in [9.17, 15) is 0 Å². The zero-order valence-corrected chi connectivity index (χ0v) is 12.8. The second-order valence-electron chi connectivity index (χ2n) is 5.41. The maximum Gasteiger partial charge on any atom is 0.117 e. The van der Waals surface area contributed by atoms with Gasteiger partial charge in [0.25, 0.3) is 0 Å². The van der Waals surface area contributed by atoms with Crippen LogP contribution in [0.5, 0.6) is 0 Å². The molecule has 20 heavy (non-hydrogen) atoms. The van der Waals surface area contributed by atoms with Crippen molar-refractivity contribution in [1.29, 1.82) is 0 Å². The third-order valence-corrected chi connectivity index (χ3v) is 4.72. The van der Waals surface area contributed by atoms with Gasteiger partial charge in [-0.05, 0) is 43.7 Å². The van der Waals surface area contributed by atoms with Crippen molar-refractivity contribution in [2.24, 2.45) is 0 Å². The van der Waals surface area contributed by atoms with Crippen molar-refractivity contribution < 1.29 is 4.42 Å². The lowest BCUT2D eigenvalue weighted by Gasteiger charge is -2.17. The molecule has 2 aromatic rings. The minimum absolute atomic E-state index is 0.784. The molecule has 0 aliphatic heterocycles. The molecule has 3 rings (SSSR count). The number of rotatable bonds is 8. The summed E-state index contributed by atoms with van der Waals surface area (Å²) in [7, 11) is 0. The fourth-order valence-corrected chi connectivity index (χ4v) is 3.27. The van der Waals surface area contributed by atoms with Crippen molar-refractivity contribution in [1.82, 2.24) is 10.2 Å². The van der Waals surface area contributed by atoms with Crippen molar-refractivity contribution >= 4 is 11.3 Å². The third-order valence-electron chi connectivity index (χ3n) is 3.65. The molecule has 1 aliphatic carbocycles. The highest BCUT2D eigenvalue weighted by molar-refractivity contribution is 7.11. The van der Waals surface area contributed by atoms with Gasteiger partial charge in [0, 0.05) is 28.9 Å². The van der Waals surface area contributed by atoms with E-state index in [0.29, 0.717) is 0 Å². The van der Waals surface area contributed by atoms with Gasteiger partial charge in [0.15, 0.2) is 0 Å². The lowest BCUT2D eigenvalue weighted by molar-refractivity contribution is 0.250. The van der Waals surface area contributed by atoms with E-state index in [4.69, 9.17) is 4.42 Å². The van der Waals surface area contributed by atoms with Crippen molar-refractivity contribution in [3.8, 4) is 0 Å². The molecule has 0 aromatic carbocycles. The van der Waals surface area contributed by atoms with Crippen LogP contribution in [-0.4, -0.2) is 17.5 Å². The largest absolute Gasteiger partial charge is 0.468 e.